The second-order valence-corrected chi connectivity index (χ2v) is 4.59. The van der Waals surface area contributed by atoms with Crippen LogP contribution in [0.1, 0.15) is 18.1 Å². The van der Waals surface area contributed by atoms with Crippen LogP contribution in [0.3, 0.4) is 0 Å². The molecule has 16 heavy (non-hydrogen) atoms. The molecule has 0 radical (unpaired) electrons. The summed E-state index contributed by atoms with van der Waals surface area (Å²) in [6.45, 7) is 4.02. The van der Waals surface area contributed by atoms with Crippen LogP contribution in [-0.4, -0.2) is 19.8 Å². The van der Waals surface area contributed by atoms with Gasteiger partial charge in [0.25, 0.3) is 0 Å². The zero-order valence-corrected chi connectivity index (χ0v) is 11.0. The van der Waals surface area contributed by atoms with E-state index < -0.39 is 0 Å². The Balaban J connectivity index is 2.52. The highest BCUT2D eigenvalue weighted by Gasteiger charge is 2.20. The Hall–Kier alpha value is -0.740. The van der Waals surface area contributed by atoms with Crippen LogP contribution in [0.5, 0.6) is 11.5 Å². The highest BCUT2D eigenvalue weighted by atomic mass is 79.9. The van der Waals surface area contributed by atoms with Crippen molar-refractivity contribution in [3.63, 3.8) is 0 Å². The van der Waals surface area contributed by atoms with Gasteiger partial charge in [-0.15, -0.1) is 0 Å². The van der Waals surface area contributed by atoms with E-state index in [1.807, 2.05) is 6.07 Å². The van der Waals surface area contributed by atoms with Crippen LogP contribution in [0.25, 0.3) is 0 Å². The third kappa shape index (κ3) is 2.04. The first-order valence-corrected chi connectivity index (χ1v) is 6.37. The van der Waals surface area contributed by atoms with E-state index in [0.717, 1.165) is 28.8 Å². The third-order valence-corrected chi connectivity index (χ3v) is 3.45. The van der Waals surface area contributed by atoms with Gasteiger partial charge in [0.15, 0.2) is 11.5 Å². The van der Waals surface area contributed by atoms with Crippen LogP contribution in [0, 0.1) is 0 Å². The molecule has 1 aliphatic heterocycles. The zero-order chi connectivity index (χ0) is 11.5. The highest BCUT2D eigenvalue weighted by molar-refractivity contribution is 9.10. The summed E-state index contributed by atoms with van der Waals surface area (Å²) in [5, 5.41) is 0. The lowest BCUT2D eigenvalue weighted by Crippen LogP contribution is -2.18. The van der Waals surface area contributed by atoms with Gasteiger partial charge in [-0.05, 0) is 31.0 Å². The highest BCUT2D eigenvalue weighted by Crippen LogP contribution is 2.40. The lowest BCUT2D eigenvalue weighted by molar-refractivity contribution is 0.169. The molecule has 0 atom stereocenters. The van der Waals surface area contributed by atoms with Crippen LogP contribution >= 0.6 is 15.9 Å². The van der Waals surface area contributed by atoms with E-state index in [-0.39, 0.29) is 0 Å². The molecular weight excluding hydrogens is 270 g/mol. The van der Waals surface area contributed by atoms with Gasteiger partial charge in [0.05, 0.1) is 0 Å². The average Bonchev–Trinajstić information content (AvgIpc) is 2.30. The summed E-state index contributed by atoms with van der Waals surface area (Å²) >= 11 is 3.58. The Morgan fingerprint density at radius 2 is 2.06 bits per heavy atom. The quantitative estimate of drug-likeness (QED) is 0.927. The second-order valence-electron chi connectivity index (χ2n) is 3.73. The molecule has 0 saturated carbocycles. The summed E-state index contributed by atoms with van der Waals surface area (Å²) < 4.78 is 12.4. The van der Waals surface area contributed by atoms with Gasteiger partial charge in [-0.2, -0.15) is 0 Å². The molecule has 1 aromatic carbocycles. The number of rotatable bonds is 3. The third-order valence-electron chi connectivity index (χ3n) is 2.74. The Bertz CT molecular complexity index is 393. The maximum atomic E-state index is 5.70. The van der Waals surface area contributed by atoms with Crippen LogP contribution in [0.2, 0.25) is 0 Å². The van der Waals surface area contributed by atoms with E-state index in [1.165, 1.54) is 11.1 Å². The second kappa shape index (κ2) is 5.06. The average molecular weight is 286 g/mol. The number of nitrogens with two attached hydrogens (primary N) is 1. The molecule has 0 aliphatic carbocycles. The maximum Gasteiger partial charge on any atom is 0.164 e. The number of halogens is 1. The molecule has 1 heterocycles. The van der Waals surface area contributed by atoms with Crippen molar-refractivity contribution in [1.82, 2.24) is 0 Å². The molecule has 3 nitrogen and oxygen atoms in total. The number of ether oxygens (including phenoxy) is 2. The molecule has 4 heteroatoms. The largest absolute Gasteiger partial charge is 0.486 e. The van der Waals surface area contributed by atoms with E-state index in [9.17, 15) is 0 Å². The van der Waals surface area contributed by atoms with Crippen molar-refractivity contribution >= 4 is 15.9 Å². The minimum Gasteiger partial charge on any atom is -0.486 e. The van der Waals surface area contributed by atoms with E-state index in [1.54, 1.807) is 0 Å². The van der Waals surface area contributed by atoms with Crippen molar-refractivity contribution in [2.24, 2.45) is 5.73 Å². The number of hydrogen-bond acceptors (Lipinski definition) is 3. The van der Waals surface area contributed by atoms with Crippen molar-refractivity contribution in [2.75, 3.05) is 19.8 Å². The lowest BCUT2D eigenvalue weighted by Gasteiger charge is -2.23. The first-order chi connectivity index (χ1) is 7.77. The molecule has 0 amide bonds. The molecule has 0 spiro atoms. The van der Waals surface area contributed by atoms with Gasteiger partial charge < -0.3 is 15.2 Å². The van der Waals surface area contributed by atoms with Crippen LogP contribution in [0.4, 0.5) is 0 Å². The Morgan fingerprint density at radius 1 is 1.31 bits per heavy atom. The lowest BCUT2D eigenvalue weighted by atomic mass is 10.0. The van der Waals surface area contributed by atoms with Gasteiger partial charge in [-0.1, -0.05) is 22.9 Å². The van der Waals surface area contributed by atoms with Gasteiger partial charge in [0, 0.05) is 10.0 Å². The monoisotopic (exact) mass is 285 g/mol. The normalized spacial score (nSPS) is 13.9. The molecule has 1 aliphatic rings. The van der Waals surface area contributed by atoms with Gasteiger partial charge >= 0.3 is 0 Å². The van der Waals surface area contributed by atoms with Crippen molar-refractivity contribution < 1.29 is 9.47 Å². The molecule has 0 bridgehead atoms. The van der Waals surface area contributed by atoms with Crippen LogP contribution < -0.4 is 15.2 Å². The molecule has 0 aromatic heterocycles. The minimum absolute atomic E-state index is 0.624. The smallest absolute Gasteiger partial charge is 0.164 e. The van der Waals surface area contributed by atoms with Gasteiger partial charge in [0.1, 0.15) is 13.2 Å². The van der Waals surface area contributed by atoms with Crippen LogP contribution in [0.15, 0.2) is 10.5 Å². The standard InChI is InChI=1S/C12H16BrNO2/c1-2-8-9(3-4-14)10(13)7-11-12(8)16-6-5-15-11/h7H,2-6,14H2,1H3. The number of fused-ring (bicyclic) bond motifs is 1. The summed E-state index contributed by atoms with van der Waals surface area (Å²) in [5.41, 5.74) is 8.10. The molecule has 1 aromatic rings. The summed E-state index contributed by atoms with van der Waals surface area (Å²) in [6.07, 6.45) is 1.79. The summed E-state index contributed by atoms with van der Waals surface area (Å²) in [6, 6.07) is 1.98. The Labute approximate surface area is 104 Å². The predicted octanol–water partition coefficient (Wildman–Crippen LogP) is 2.28. The topological polar surface area (TPSA) is 44.5 Å². The number of hydrogen-bond donors (Lipinski definition) is 1. The molecule has 88 valence electrons. The summed E-state index contributed by atoms with van der Waals surface area (Å²) in [5.74, 6) is 1.75. The SMILES string of the molecule is CCc1c(CCN)c(Br)cc2c1OCCO2. The first-order valence-electron chi connectivity index (χ1n) is 5.57. The van der Waals surface area contributed by atoms with Crippen molar-refractivity contribution in [1.29, 1.82) is 0 Å². The molecular formula is C12H16BrNO2. The zero-order valence-electron chi connectivity index (χ0n) is 9.38. The predicted molar refractivity (Wildman–Crippen MR) is 67.3 cm³/mol. The molecule has 0 fully saturated rings. The van der Waals surface area contributed by atoms with Gasteiger partial charge in [-0.3, -0.25) is 0 Å². The molecule has 2 N–H and O–H groups in total. The van der Waals surface area contributed by atoms with E-state index in [2.05, 4.69) is 22.9 Å². The number of benzene rings is 1. The summed E-state index contributed by atoms with van der Waals surface area (Å²) in [4.78, 5) is 0. The maximum absolute atomic E-state index is 5.70. The summed E-state index contributed by atoms with van der Waals surface area (Å²) in [7, 11) is 0. The minimum atomic E-state index is 0.624. The van der Waals surface area contributed by atoms with Gasteiger partial charge in [-0.25, -0.2) is 0 Å². The van der Waals surface area contributed by atoms with Crippen molar-refractivity contribution in [3.8, 4) is 11.5 Å². The van der Waals surface area contributed by atoms with Crippen LogP contribution in [-0.2, 0) is 12.8 Å². The molecule has 0 unspecified atom stereocenters. The van der Waals surface area contributed by atoms with E-state index in [0.29, 0.717) is 19.8 Å². The fourth-order valence-corrected chi connectivity index (χ4v) is 2.69. The Morgan fingerprint density at radius 3 is 2.75 bits per heavy atom. The fourth-order valence-electron chi connectivity index (χ4n) is 2.05. The van der Waals surface area contributed by atoms with Crippen molar-refractivity contribution in [2.45, 2.75) is 19.8 Å². The van der Waals surface area contributed by atoms with E-state index in [4.69, 9.17) is 15.2 Å². The van der Waals surface area contributed by atoms with Crippen molar-refractivity contribution in [3.05, 3.63) is 21.7 Å². The molecule has 2 rings (SSSR count). The van der Waals surface area contributed by atoms with E-state index >= 15 is 0 Å². The molecule has 0 saturated heterocycles. The Kier molecular flexibility index (Phi) is 3.71. The van der Waals surface area contributed by atoms with Gasteiger partial charge in [0.2, 0.25) is 0 Å². The first kappa shape index (κ1) is 11.7. The fraction of sp³-hybridized carbons (Fsp3) is 0.500.